The first-order valence-electron chi connectivity index (χ1n) is 7.94. The summed E-state index contributed by atoms with van der Waals surface area (Å²) in [6, 6.07) is 11.4. The SMILES string of the molecule is Cc1ccccc1OCC(=O)N1CCN(C(=O)c2cccs2)CC1. The molecule has 0 bridgehead atoms. The van der Waals surface area contributed by atoms with Crippen molar-refractivity contribution in [3.05, 3.63) is 52.2 Å². The second-order valence-corrected chi connectivity index (χ2v) is 6.65. The minimum absolute atomic E-state index is 0.0315. The number of para-hydroxylation sites is 1. The van der Waals surface area contributed by atoms with E-state index in [2.05, 4.69) is 0 Å². The molecule has 126 valence electrons. The third-order valence-corrected chi connectivity index (χ3v) is 4.95. The highest BCUT2D eigenvalue weighted by molar-refractivity contribution is 7.12. The molecule has 2 aromatic rings. The molecule has 1 saturated heterocycles. The highest BCUT2D eigenvalue weighted by Crippen LogP contribution is 2.17. The van der Waals surface area contributed by atoms with Crippen molar-refractivity contribution in [1.82, 2.24) is 9.80 Å². The van der Waals surface area contributed by atoms with Gasteiger partial charge in [-0.25, -0.2) is 0 Å². The van der Waals surface area contributed by atoms with E-state index in [9.17, 15) is 9.59 Å². The molecular formula is C18H20N2O3S. The van der Waals surface area contributed by atoms with E-state index >= 15 is 0 Å². The summed E-state index contributed by atoms with van der Waals surface area (Å²) in [4.78, 5) is 28.9. The van der Waals surface area contributed by atoms with Gasteiger partial charge in [-0.1, -0.05) is 24.3 Å². The number of aryl methyl sites for hydroxylation is 1. The Balaban J connectivity index is 1.48. The Hall–Kier alpha value is -2.34. The van der Waals surface area contributed by atoms with Crippen LogP contribution < -0.4 is 4.74 Å². The number of amides is 2. The molecule has 0 radical (unpaired) electrons. The molecule has 3 rings (SSSR count). The van der Waals surface area contributed by atoms with Gasteiger partial charge in [0, 0.05) is 26.2 Å². The van der Waals surface area contributed by atoms with Crippen molar-refractivity contribution in [2.75, 3.05) is 32.8 Å². The zero-order valence-corrected chi connectivity index (χ0v) is 14.4. The molecule has 0 spiro atoms. The van der Waals surface area contributed by atoms with Gasteiger partial charge >= 0.3 is 0 Å². The second-order valence-electron chi connectivity index (χ2n) is 5.70. The molecule has 2 heterocycles. The molecule has 1 aliphatic rings. The standard InChI is InChI=1S/C18H20N2O3S/c1-14-5-2-3-6-15(14)23-13-17(21)19-8-10-20(11-9-19)18(22)16-7-4-12-24-16/h2-7,12H,8-11,13H2,1H3. The molecule has 5 nitrogen and oxygen atoms in total. The van der Waals surface area contributed by atoms with Crippen LogP contribution in [0.1, 0.15) is 15.2 Å². The fourth-order valence-corrected chi connectivity index (χ4v) is 3.35. The van der Waals surface area contributed by atoms with Crippen molar-refractivity contribution >= 4 is 23.2 Å². The third-order valence-electron chi connectivity index (χ3n) is 4.10. The average molecular weight is 344 g/mol. The van der Waals surface area contributed by atoms with E-state index in [0.29, 0.717) is 26.2 Å². The van der Waals surface area contributed by atoms with Crippen molar-refractivity contribution in [1.29, 1.82) is 0 Å². The summed E-state index contributed by atoms with van der Waals surface area (Å²) in [7, 11) is 0. The number of rotatable bonds is 4. The van der Waals surface area contributed by atoms with Gasteiger partial charge in [0.15, 0.2) is 6.61 Å². The molecule has 0 atom stereocenters. The lowest BCUT2D eigenvalue weighted by atomic mass is 10.2. The first-order chi connectivity index (χ1) is 11.6. The van der Waals surface area contributed by atoms with Crippen molar-refractivity contribution in [2.45, 2.75) is 6.92 Å². The normalized spacial score (nSPS) is 14.5. The van der Waals surface area contributed by atoms with Crippen LogP contribution in [0.25, 0.3) is 0 Å². The van der Waals surface area contributed by atoms with E-state index in [-0.39, 0.29) is 18.4 Å². The minimum Gasteiger partial charge on any atom is -0.484 e. The van der Waals surface area contributed by atoms with Gasteiger partial charge in [0.25, 0.3) is 11.8 Å². The third kappa shape index (κ3) is 3.76. The molecule has 1 fully saturated rings. The van der Waals surface area contributed by atoms with E-state index in [0.717, 1.165) is 16.2 Å². The summed E-state index contributed by atoms with van der Waals surface area (Å²) in [5, 5.41) is 1.90. The number of carbonyl (C=O) groups is 2. The van der Waals surface area contributed by atoms with Gasteiger partial charge in [0.1, 0.15) is 5.75 Å². The molecule has 0 unspecified atom stereocenters. The topological polar surface area (TPSA) is 49.9 Å². The fraction of sp³-hybridized carbons (Fsp3) is 0.333. The Bertz CT molecular complexity index is 707. The minimum atomic E-state index is -0.0403. The second kappa shape index (κ2) is 7.49. The fourth-order valence-electron chi connectivity index (χ4n) is 2.66. The van der Waals surface area contributed by atoms with Crippen molar-refractivity contribution in [3.63, 3.8) is 0 Å². The van der Waals surface area contributed by atoms with E-state index in [1.165, 1.54) is 11.3 Å². The van der Waals surface area contributed by atoms with Crippen LogP contribution >= 0.6 is 11.3 Å². The van der Waals surface area contributed by atoms with Gasteiger partial charge in [0.05, 0.1) is 4.88 Å². The van der Waals surface area contributed by atoms with Crippen LogP contribution in [0, 0.1) is 6.92 Å². The van der Waals surface area contributed by atoms with Crippen LogP contribution in [-0.4, -0.2) is 54.4 Å². The lowest BCUT2D eigenvalue weighted by molar-refractivity contribution is -0.134. The molecule has 1 aliphatic heterocycles. The van der Waals surface area contributed by atoms with E-state index in [4.69, 9.17) is 4.74 Å². The highest BCUT2D eigenvalue weighted by atomic mass is 32.1. The Labute approximate surface area is 145 Å². The number of carbonyl (C=O) groups excluding carboxylic acids is 2. The number of piperazine rings is 1. The van der Waals surface area contributed by atoms with Gasteiger partial charge in [0.2, 0.25) is 0 Å². The molecular weight excluding hydrogens is 324 g/mol. The van der Waals surface area contributed by atoms with Gasteiger partial charge in [-0.2, -0.15) is 0 Å². The van der Waals surface area contributed by atoms with Crippen LogP contribution in [0.3, 0.4) is 0 Å². The number of ether oxygens (including phenoxy) is 1. The number of thiophene rings is 1. The average Bonchev–Trinajstić information content (AvgIpc) is 3.15. The van der Waals surface area contributed by atoms with E-state index < -0.39 is 0 Å². The van der Waals surface area contributed by atoms with Crippen LogP contribution in [0.2, 0.25) is 0 Å². The Kier molecular flexibility index (Phi) is 5.15. The lowest BCUT2D eigenvalue weighted by Gasteiger charge is -2.34. The maximum absolute atomic E-state index is 12.3. The van der Waals surface area contributed by atoms with Gasteiger partial charge in [-0.3, -0.25) is 9.59 Å². The highest BCUT2D eigenvalue weighted by Gasteiger charge is 2.25. The quantitative estimate of drug-likeness (QED) is 0.856. The van der Waals surface area contributed by atoms with Crippen molar-refractivity contribution in [2.24, 2.45) is 0 Å². The molecule has 6 heteroatoms. The molecule has 0 aliphatic carbocycles. The van der Waals surface area contributed by atoms with Crippen molar-refractivity contribution < 1.29 is 14.3 Å². The Morgan fingerprint density at radius 2 is 1.75 bits per heavy atom. The molecule has 1 aromatic carbocycles. The first kappa shape index (κ1) is 16.5. The first-order valence-corrected chi connectivity index (χ1v) is 8.82. The summed E-state index contributed by atoms with van der Waals surface area (Å²) in [6.07, 6.45) is 0. The molecule has 24 heavy (non-hydrogen) atoms. The zero-order chi connectivity index (χ0) is 16.9. The van der Waals surface area contributed by atoms with Crippen LogP contribution in [0.5, 0.6) is 5.75 Å². The monoisotopic (exact) mass is 344 g/mol. The molecule has 1 aromatic heterocycles. The summed E-state index contributed by atoms with van der Waals surface area (Å²) >= 11 is 1.45. The summed E-state index contributed by atoms with van der Waals surface area (Å²) in [5.74, 6) is 0.743. The van der Waals surface area contributed by atoms with Gasteiger partial charge in [-0.05, 0) is 30.0 Å². The van der Waals surface area contributed by atoms with Crippen LogP contribution in [0.15, 0.2) is 41.8 Å². The summed E-state index contributed by atoms with van der Waals surface area (Å²) in [5.41, 5.74) is 1.01. The number of nitrogens with zero attached hydrogens (tertiary/aromatic N) is 2. The van der Waals surface area contributed by atoms with E-state index in [1.807, 2.05) is 48.7 Å². The maximum atomic E-state index is 12.3. The Morgan fingerprint density at radius 3 is 2.42 bits per heavy atom. The summed E-state index contributed by atoms with van der Waals surface area (Å²) < 4.78 is 5.61. The Morgan fingerprint density at radius 1 is 1.04 bits per heavy atom. The smallest absolute Gasteiger partial charge is 0.264 e. The lowest BCUT2D eigenvalue weighted by Crippen LogP contribution is -2.51. The number of benzene rings is 1. The van der Waals surface area contributed by atoms with Gasteiger partial charge in [-0.15, -0.1) is 11.3 Å². The molecule has 2 amide bonds. The number of hydrogen-bond donors (Lipinski definition) is 0. The van der Waals surface area contributed by atoms with E-state index in [1.54, 1.807) is 9.80 Å². The molecule has 0 N–H and O–H groups in total. The van der Waals surface area contributed by atoms with Crippen LogP contribution in [-0.2, 0) is 4.79 Å². The summed E-state index contributed by atoms with van der Waals surface area (Å²) in [6.45, 7) is 4.21. The predicted octanol–water partition coefficient (Wildman–Crippen LogP) is 2.42. The van der Waals surface area contributed by atoms with Crippen molar-refractivity contribution in [3.8, 4) is 5.75 Å². The zero-order valence-electron chi connectivity index (χ0n) is 13.6. The maximum Gasteiger partial charge on any atom is 0.264 e. The largest absolute Gasteiger partial charge is 0.484 e. The van der Waals surface area contributed by atoms with Crippen LogP contribution in [0.4, 0.5) is 0 Å². The molecule has 0 saturated carbocycles. The number of hydrogen-bond acceptors (Lipinski definition) is 4. The van der Waals surface area contributed by atoms with Gasteiger partial charge < -0.3 is 14.5 Å². The predicted molar refractivity (Wildman–Crippen MR) is 93.5 cm³/mol.